The van der Waals surface area contributed by atoms with E-state index in [1.54, 1.807) is 6.92 Å². The molecule has 0 amide bonds. The van der Waals surface area contributed by atoms with Gasteiger partial charge in [0.2, 0.25) is 0 Å². The molecule has 0 bridgehead atoms. The third-order valence-electron chi connectivity index (χ3n) is 2.55. The minimum absolute atomic E-state index is 0.201. The predicted octanol–water partition coefficient (Wildman–Crippen LogP) is 0.372. The molecule has 7 heteroatoms. The van der Waals surface area contributed by atoms with E-state index in [2.05, 4.69) is 20.1 Å². The van der Waals surface area contributed by atoms with Gasteiger partial charge in [0.15, 0.2) is 5.82 Å². The van der Waals surface area contributed by atoms with Crippen molar-refractivity contribution in [2.45, 2.75) is 25.5 Å². The Labute approximate surface area is 97.2 Å². The van der Waals surface area contributed by atoms with Crippen molar-refractivity contribution in [3.8, 4) is 0 Å². The highest BCUT2D eigenvalue weighted by molar-refractivity contribution is 5.09. The Bertz CT molecular complexity index is 475. The van der Waals surface area contributed by atoms with Crippen molar-refractivity contribution in [1.29, 1.82) is 0 Å². The van der Waals surface area contributed by atoms with Gasteiger partial charge in [-0.05, 0) is 0 Å². The van der Waals surface area contributed by atoms with Crippen LogP contribution in [-0.4, -0.2) is 35.9 Å². The Morgan fingerprint density at radius 2 is 2.24 bits per heavy atom. The fourth-order valence-electron chi connectivity index (χ4n) is 1.52. The van der Waals surface area contributed by atoms with Gasteiger partial charge in [-0.3, -0.25) is 4.68 Å². The zero-order chi connectivity index (χ0) is 12.3. The molecule has 0 fully saturated rings. The molecule has 2 aromatic rings. The Kier molecular flexibility index (Phi) is 3.38. The van der Waals surface area contributed by atoms with Crippen molar-refractivity contribution in [1.82, 2.24) is 24.7 Å². The molecule has 0 aliphatic heterocycles. The van der Waals surface area contributed by atoms with Gasteiger partial charge in [0.1, 0.15) is 19.0 Å². The molecule has 0 aromatic carbocycles. The minimum atomic E-state index is -0.791. The summed E-state index contributed by atoms with van der Waals surface area (Å²) in [5.41, 5.74) is 0.201. The number of hydrogen-bond acceptors (Lipinski definition) is 5. The highest BCUT2D eigenvalue weighted by atomic mass is 19.1. The van der Waals surface area contributed by atoms with Crippen LogP contribution < -0.4 is 0 Å². The van der Waals surface area contributed by atoms with Crippen LogP contribution in [0.3, 0.4) is 0 Å². The maximum atomic E-state index is 13.4. The largest absolute Gasteiger partial charge is 0.391 e. The molecule has 2 heterocycles. The van der Waals surface area contributed by atoms with Crippen LogP contribution in [0.2, 0.25) is 0 Å². The van der Waals surface area contributed by atoms with Gasteiger partial charge in [-0.2, -0.15) is 5.10 Å². The van der Waals surface area contributed by atoms with E-state index in [9.17, 15) is 9.50 Å². The Morgan fingerprint density at radius 1 is 1.41 bits per heavy atom. The zero-order valence-electron chi connectivity index (χ0n) is 9.23. The number of aromatic nitrogens is 5. The number of nitrogens with zero attached hydrogens (tertiary/aromatic N) is 5. The number of rotatable bonds is 4. The summed E-state index contributed by atoms with van der Waals surface area (Å²) in [7, 11) is 0. The summed E-state index contributed by atoms with van der Waals surface area (Å²) in [4.78, 5) is 11.2. The highest BCUT2D eigenvalue weighted by Crippen LogP contribution is 2.19. The average molecular weight is 237 g/mol. The van der Waals surface area contributed by atoms with Crippen LogP contribution in [0.1, 0.15) is 18.5 Å². The number of hydrogen-bond donors (Lipinski definition) is 1. The molecule has 90 valence electrons. The van der Waals surface area contributed by atoms with Crippen molar-refractivity contribution >= 4 is 0 Å². The van der Waals surface area contributed by atoms with Gasteiger partial charge in [-0.1, -0.05) is 6.92 Å². The van der Waals surface area contributed by atoms with Gasteiger partial charge in [0, 0.05) is 5.92 Å². The second-order valence-electron chi connectivity index (χ2n) is 3.73. The second-order valence-corrected chi connectivity index (χ2v) is 3.73. The third kappa shape index (κ3) is 2.62. The van der Waals surface area contributed by atoms with E-state index >= 15 is 0 Å². The van der Waals surface area contributed by atoms with E-state index in [0.29, 0.717) is 0 Å². The fourth-order valence-corrected chi connectivity index (χ4v) is 1.52. The van der Waals surface area contributed by atoms with Crippen molar-refractivity contribution in [3.05, 3.63) is 36.7 Å². The molecular weight excluding hydrogens is 225 g/mol. The number of halogens is 1. The summed E-state index contributed by atoms with van der Waals surface area (Å²) < 4.78 is 14.9. The number of aliphatic hydroxyl groups is 1. The number of aliphatic hydroxyl groups excluding tert-OH is 1. The first-order chi connectivity index (χ1) is 8.18. The van der Waals surface area contributed by atoms with Crippen LogP contribution >= 0.6 is 0 Å². The summed E-state index contributed by atoms with van der Waals surface area (Å²) in [5, 5.41) is 13.8. The molecule has 2 atom stereocenters. The molecule has 6 nitrogen and oxygen atoms in total. The van der Waals surface area contributed by atoms with E-state index in [4.69, 9.17) is 0 Å². The quantitative estimate of drug-likeness (QED) is 0.831. The Morgan fingerprint density at radius 3 is 2.88 bits per heavy atom. The normalized spacial score (nSPS) is 14.5. The van der Waals surface area contributed by atoms with E-state index < -0.39 is 17.8 Å². The molecule has 0 aliphatic rings. The van der Waals surface area contributed by atoms with Crippen molar-refractivity contribution in [3.63, 3.8) is 0 Å². The first-order valence-corrected chi connectivity index (χ1v) is 5.14. The lowest BCUT2D eigenvalue weighted by molar-refractivity contribution is 0.122. The van der Waals surface area contributed by atoms with Crippen molar-refractivity contribution in [2.24, 2.45) is 0 Å². The lowest BCUT2D eigenvalue weighted by Gasteiger charge is -2.18. The second kappa shape index (κ2) is 4.96. The lowest BCUT2D eigenvalue weighted by atomic mass is 10.0. The third-order valence-corrected chi connectivity index (χ3v) is 2.55. The molecule has 0 saturated heterocycles. The molecule has 0 radical (unpaired) electrons. The molecule has 2 rings (SSSR count). The van der Waals surface area contributed by atoms with Crippen LogP contribution in [0.5, 0.6) is 0 Å². The van der Waals surface area contributed by atoms with Gasteiger partial charge in [0.25, 0.3) is 0 Å². The zero-order valence-corrected chi connectivity index (χ0v) is 9.23. The van der Waals surface area contributed by atoms with E-state index in [1.807, 2.05) is 0 Å². The van der Waals surface area contributed by atoms with Crippen LogP contribution in [0, 0.1) is 5.82 Å². The monoisotopic (exact) mass is 237 g/mol. The van der Waals surface area contributed by atoms with Crippen molar-refractivity contribution < 1.29 is 9.50 Å². The molecule has 2 aromatic heterocycles. The van der Waals surface area contributed by atoms with Crippen LogP contribution in [-0.2, 0) is 6.54 Å². The summed E-state index contributed by atoms with van der Waals surface area (Å²) >= 11 is 0. The van der Waals surface area contributed by atoms with E-state index in [1.165, 1.54) is 23.7 Å². The first kappa shape index (κ1) is 11.6. The summed E-state index contributed by atoms with van der Waals surface area (Å²) in [6.07, 6.45) is 4.42. The molecule has 1 N–H and O–H groups in total. The minimum Gasteiger partial charge on any atom is -0.391 e. The van der Waals surface area contributed by atoms with E-state index in [0.717, 1.165) is 6.20 Å². The Hall–Kier alpha value is -1.89. The fraction of sp³-hybridized carbons (Fsp3) is 0.400. The van der Waals surface area contributed by atoms with Gasteiger partial charge in [-0.15, -0.1) is 0 Å². The lowest BCUT2D eigenvalue weighted by Crippen LogP contribution is -2.24. The summed E-state index contributed by atoms with van der Waals surface area (Å²) in [5.74, 6) is -0.958. The average Bonchev–Trinajstić information content (AvgIpc) is 2.81. The molecular formula is C10H12FN5O. The maximum Gasteiger partial charge on any atom is 0.163 e. The predicted molar refractivity (Wildman–Crippen MR) is 56.4 cm³/mol. The van der Waals surface area contributed by atoms with Gasteiger partial charge < -0.3 is 5.11 Å². The van der Waals surface area contributed by atoms with Crippen LogP contribution in [0.15, 0.2) is 25.2 Å². The molecule has 0 saturated carbocycles. The molecule has 0 spiro atoms. The molecule has 0 aliphatic carbocycles. The standard InChI is InChI=1S/C10H12FN5O/c1-7(10-8(11)2-12-4-14-10)9(17)3-16-6-13-5-15-16/h2,4-7,9,17H,3H2,1H3. The van der Waals surface area contributed by atoms with Gasteiger partial charge in [0.05, 0.1) is 24.5 Å². The topological polar surface area (TPSA) is 76.7 Å². The SMILES string of the molecule is CC(c1ncncc1F)C(O)Cn1cncn1. The van der Waals surface area contributed by atoms with Crippen LogP contribution in [0.4, 0.5) is 4.39 Å². The smallest absolute Gasteiger partial charge is 0.163 e. The Balaban J connectivity index is 2.09. The highest BCUT2D eigenvalue weighted by Gasteiger charge is 2.21. The summed E-state index contributed by atoms with van der Waals surface area (Å²) in [6.45, 7) is 1.94. The van der Waals surface area contributed by atoms with E-state index in [-0.39, 0.29) is 12.2 Å². The summed E-state index contributed by atoms with van der Waals surface area (Å²) in [6, 6.07) is 0. The maximum absolute atomic E-state index is 13.4. The van der Waals surface area contributed by atoms with Crippen molar-refractivity contribution in [2.75, 3.05) is 0 Å². The van der Waals surface area contributed by atoms with Gasteiger partial charge >= 0.3 is 0 Å². The first-order valence-electron chi connectivity index (χ1n) is 5.14. The van der Waals surface area contributed by atoms with Crippen LogP contribution in [0.25, 0.3) is 0 Å². The van der Waals surface area contributed by atoms with Gasteiger partial charge in [-0.25, -0.2) is 19.3 Å². The molecule has 2 unspecified atom stereocenters. The molecule has 17 heavy (non-hydrogen) atoms.